The van der Waals surface area contributed by atoms with E-state index < -0.39 is 35.3 Å². The number of nitrogens with zero attached hydrogens (tertiary/aromatic N) is 2. The topological polar surface area (TPSA) is 110 Å². The number of halogens is 4. The van der Waals surface area contributed by atoms with E-state index in [1.54, 1.807) is 18.2 Å². The quantitative estimate of drug-likeness (QED) is 0.328. The molecular weight excluding hydrogens is 512 g/mol. The molecule has 1 amide bonds. The second-order valence-corrected chi connectivity index (χ2v) is 10.7. The number of aromatic nitrogens is 2. The van der Waals surface area contributed by atoms with Gasteiger partial charge in [0.05, 0.1) is 27.9 Å². The number of rotatable bonds is 5. The van der Waals surface area contributed by atoms with Crippen LogP contribution in [0.2, 0.25) is 0 Å². The summed E-state index contributed by atoms with van der Waals surface area (Å²) in [6.45, 7) is 1.68. The smallest absolute Gasteiger partial charge is 0.380 e. The van der Waals surface area contributed by atoms with Crippen molar-refractivity contribution in [3.8, 4) is 10.7 Å². The van der Waals surface area contributed by atoms with Gasteiger partial charge < -0.3 is 25.0 Å². The van der Waals surface area contributed by atoms with Crippen molar-refractivity contribution < 1.29 is 36.7 Å². The largest absolute Gasteiger partial charge is 0.446 e. The molecule has 4 heterocycles. The minimum atomic E-state index is -4.58. The highest BCUT2D eigenvalue weighted by atomic mass is 32.2. The van der Waals surface area contributed by atoms with Crippen LogP contribution in [0.4, 0.5) is 23.2 Å². The van der Waals surface area contributed by atoms with Gasteiger partial charge >= 0.3 is 5.51 Å². The maximum atomic E-state index is 14.3. The molecule has 2 aliphatic rings. The first-order valence-corrected chi connectivity index (χ1v) is 12.3. The van der Waals surface area contributed by atoms with Crippen LogP contribution < -0.4 is 10.6 Å². The Morgan fingerprint density at radius 1 is 1.37 bits per heavy atom. The van der Waals surface area contributed by atoms with Crippen LogP contribution in [0.25, 0.3) is 20.8 Å². The van der Waals surface area contributed by atoms with Gasteiger partial charge in [0.1, 0.15) is 17.8 Å². The van der Waals surface area contributed by atoms with E-state index in [-0.39, 0.29) is 46.3 Å². The minimum absolute atomic E-state index is 0.0202. The lowest BCUT2D eigenvalue weighted by atomic mass is 10.0. The summed E-state index contributed by atoms with van der Waals surface area (Å²) >= 11 is 0.744. The fourth-order valence-corrected chi connectivity index (χ4v) is 6.22. The maximum absolute atomic E-state index is 14.3. The second kappa shape index (κ2) is 8.91. The molecule has 0 aliphatic carbocycles. The van der Waals surface area contributed by atoms with Crippen LogP contribution in [-0.2, 0) is 9.53 Å². The van der Waals surface area contributed by atoms with Crippen molar-refractivity contribution in [3.63, 3.8) is 0 Å². The minimum Gasteiger partial charge on any atom is -0.380 e. The van der Waals surface area contributed by atoms with Crippen LogP contribution in [0.1, 0.15) is 31.7 Å². The Balaban J connectivity index is 1.54. The Morgan fingerprint density at radius 3 is 2.86 bits per heavy atom. The first-order valence-electron chi connectivity index (χ1n) is 10.7. The van der Waals surface area contributed by atoms with Gasteiger partial charge in [-0.1, -0.05) is 17.3 Å². The van der Waals surface area contributed by atoms with Crippen molar-refractivity contribution in [2.75, 3.05) is 18.5 Å². The van der Waals surface area contributed by atoms with Gasteiger partial charge in [0, 0.05) is 23.3 Å². The van der Waals surface area contributed by atoms with Crippen molar-refractivity contribution in [2.24, 2.45) is 0 Å². The molecule has 3 aromatic rings. The van der Waals surface area contributed by atoms with E-state index in [0.717, 1.165) is 11.3 Å². The van der Waals surface area contributed by atoms with Crippen molar-refractivity contribution in [2.45, 2.75) is 54.0 Å². The van der Waals surface area contributed by atoms with Crippen LogP contribution in [0.3, 0.4) is 0 Å². The summed E-state index contributed by atoms with van der Waals surface area (Å²) in [7, 11) is 0. The first kappa shape index (κ1) is 24.3. The third-order valence-electron chi connectivity index (χ3n) is 5.85. The molecule has 4 atom stereocenters. The standard InChI is InChI=1S/C21H20F4N4O4S2/c1-20(31)7-13(27-19(20)30)18-28-17(29-33-18)16-15(35-21(23,24)25)9-3-2-4-12(14(9)34-16)26-11-5-6-32-8-10(11)22/h2-4,10-11,13,26,31H,5-8H2,1H3,(H,27,30)/t10-,11+,13+,20+/m0/s1. The van der Waals surface area contributed by atoms with E-state index in [1.165, 1.54) is 6.92 Å². The molecule has 1 aromatic carbocycles. The van der Waals surface area contributed by atoms with E-state index in [9.17, 15) is 27.5 Å². The summed E-state index contributed by atoms with van der Waals surface area (Å²) in [5.41, 5.74) is -5.70. The van der Waals surface area contributed by atoms with E-state index in [1.807, 2.05) is 0 Å². The van der Waals surface area contributed by atoms with Crippen LogP contribution in [0.15, 0.2) is 27.6 Å². The summed E-state index contributed by atoms with van der Waals surface area (Å²) < 4.78 is 65.7. The summed E-state index contributed by atoms with van der Waals surface area (Å²) in [5.74, 6) is -0.700. The number of carbonyl (C=O) groups excluding carboxylic acids is 1. The molecule has 188 valence electrons. The van der Waals surface area contributed by atoms with E-state index >= 15 is 0 Å². The molecule has 2 aromatic heterocycles. The number of aliphatic hydroxyl groups is 1. The zero-order valence-corrected chi connectivity index (χ0v) is 19.8. The molecule has 14 heteroatoms. The van der Waals surface area contributed by atoms with Gasteiger partial charge in [0.25, 0.3) is 5.91 Å². The molecule has 8 nitrogen and oxygen atoms in total. The highest BCUT2D eigenvalue weighted by Crippen LogP contribution is 2.51. The SMILES string of the molecule is C[C@@]1(O)C[C@H](c2nc(-c3sc4c(N[C@@H]5CCOC[C@@H]5F)cccc4c3SC(F)(F)F)no2)NC1=O. The summed E-state index contributed by atoms with van der Waals surface area (Å²) in [5, 5.41) is 19.9. The number of thiophene rings is 1. The molecule has 0 saturated carbocycles. The van der Waals surface area contributed by atoms with Gasteiger partial charge in [-0.2, -0.15) is 18.2 Å². The number of anilines is 1. The third-order valence-corrected chi connectivity index (χ3v) is 8.08. The van der Waals surface area contributed by atoms with Crippen LogP contribution >= 0.6 is 23.1 Å². The molecule has 2 aliphatic heterocycles. The lowest BCUT2D eigenvalue weighted by Crippen LogP contribution is -2.39. The highest BCUT2D eigenvalue weighted by molar-refractivity contribution is 8.00. The van der Waals surface area contributed by atoms with E-state index in [0.29, 0.717) is 28.8 Å². The Hall–Kier alpha value is -2.42. The fraction of sp³-hybridized carbons (Fsp3) is 0.476. The Kier molecular flexibility index (Phi) is 6.18. The number of fused-ring (bicyclic) bond motifs is 1. The van der Waals surface area contributed by atoms with Crippen LogP contribution in [0, 0.1) is 0 Å². The number of hydrogen-bond donors (Lipinski definition) is 3. The predicted octanol–water partition coefficient (Wildman–Crippen LogP) is 4.41. The third kappa shape index (κ3) is 4.84. The molecule has 35 heavy (non-hydrogen) atoms. The fourth-order valence-electron chi connectivity index (χ4n) is 4.11. The normalized spacial score (nSPS) is 27.4. The van der Waals surface area contributed by atoms with Crippen LogP contribution in [0.5, 0.6) is 0 Å². The number of benzene rings is 1. The number of alkyl halides is 4. The lowest BCUT2D eigenvalue weighted by Gasteiger charge is -2.27. The Labute approximate surface area is 204 Å². The predicted molar refractivity (Wildman–Crippen MR) is 121 cm³/mol. The van der Waals surface area contributed by atoms with E-state index in [2.05, 4.69) is 20.8 Å². The first-order chi connectivity index (χ1) is 16.5. The monoisotopic (exact) mass is 532 g/mol. The van der Waals surface area contributed by atoms with Crippen molar-refractivity contribution in [1.82, 2.24) is 15.5 Å². The number of nitrogens with one attached hydrogen (secondary N) is 2. The van der Waals surface area contributed by atoms with Crippen molar-refractivity contribution >= 4 is 44.8 Å². The molecular formula is C21H20F4N4O4S2. The molecule has 0 radical (unpaired) electrons. The average Bonchev–Trinajstić information content (AvgIpc) is 3.46. The Bertz CT molecular complexity index is 1260. The molecule has 3 N–H and O–H groups in total. The molecule has 0 unspecified atom stereocenters. The molecule has 0 spiro atoms. The van der Waals surface area contributed by atoms with Gasteiger partial charge in [-0.15, -0.1) is 11.3 Å². The van der Waals surface area contributed by atoms with Gasteiger partial charge in [-0.3, -0.25) is 4.79 Å². The lowest BCUT2D eigenvalue weighted by molar-refractivity contribution is -0.133. The summed E-state index contributed by atoms with van der Waals surface area (Å²) in [6.07, 6.45) is -0.848. The number of amides is 1. The zero-order chi connectivity index (χ0) is 25.0. The Morgan fingerprint density at radius 2 is 2.17 bits per heavy atom. The van der Waals surface area contributed by atoms with Gasteiger partial charge in [0.15, 0.2) is 0 Å². The van der Waals surface area contributed by atoms with Crippen molar-refractivity contribution in [1.29, 1.82) is 0 Å². The van der Waals surface area contributed by atoms with Gasteiger partial charge in [-0.05, 0) is 31.2 Å². The number of thioether (sulfide) groups is 1. The van der Waals surface area contributed by atoms with Crippen molar-refractivity contribution in [3.05, 3.63) is 24.1 Å². The zero-order valence-electron chi connectivity index (χ0n) is 18.2. The molecule has 5 rings (SSSR count). The highest BCUT2D eigenvalue weighted by Gasteiger charge is 2.44. The summed E-state index contributed by atoms with van der Waals surface area (Å²) in [6, 6.07) is 3.55. The average molecular weight is 533 g/mol. The number of carbonyl (C=O) groups is 1. The molecule has 2 fully saturated rings. The molecule has 0 bridgehead atoms. The van der Waals surface area contributed by atoms with Crippen LogP contribution in [-0.4, -0.2) is 57.7 Å². The second-order valence-electron chi connectivity index (χ2n) is 8.58. The summed E-state index contributed by atoms with van der Waals surface area (Å²) in [4.78, 5) is 16.2. The maximum Gasteiger partial charge on any atom is 0.446 e. The molecule has 2 saturated heterocycles. The van der Waals surface area contributed by atoms with Gasteiger partial charge in [-0.25, -0.2) is 4.39 Å². The van der Waals surface area contributed by atoms with Gasteiger partial charge in [0.2, 0.25) is 11.7 Å². The van der Waals surface area contributed by atoms with E-state index in [4.69, 9.17) is 9.26 Å². The number of hydrogen-bond acceptors (Lipinski definition) is 9. The number of ether oxygens (including phenoxy) is 1.